The van der Waals surface area contributed by atoms with Gasteiger partial charge in [-0.25, -0.2) is 0 Å². The maximum absolute atomic E-state index is 12.4. The highest BCUT2D eigenvalue weighted by Crippen LogP contribution is 2.20. The molecule has 0 saturated carbocycles. The highest BCUT2D eigenvalue weighted by Gasteiger charge is 2.12. The van der Waals surface area contributed by atoms with Crippen LogP contribution in [0, 0.1) is 18.3 Å². The lowest BCUT2D eigenvalue weighted by atomic mass is 10.1. The Bertz CT molecular complexity index is 1010. The van der Waals surface area contributed by atoms with Crippen molar-refractivity contribution in [3.63, 3.8) is 0 Å². The molecule has 0 radical (unpaired) electrons. The summed E-state index contributed by atoms with van der Waals surface area (Å²) in [7, 11) is 0. The number of nitrogens with one attached hydrogen (secondary N) is 1. The molecule has 0 saturated heterocycles. The molecule has 0 aliphatic heterocycles. The Morgan fingerprint density at radius 3 is 2.54 bits per heavy atom. The number of aromatic nitrogens is 1. The number of carbonyl (C=O) groups is 1. The molecule has 3 rings (SSSR count). The lowest BCUT2D eigenvalue weighted by molar-refractivity contribution is -0.112. The van der Waals surface area contributed by atoms with Crippen molar-refractivity contribution in [2.45, 2.75) is 6.92 Å². The summed E-state index contributed by atoms with van der Waals surface area (Å²) in [5.41, 5.74) is 3.30. The first-order valence-corrected chi connectivity index (χ1v) is 8.04. The summed E-state index contributed by atoms with van der Waals surface area (Å²) in [4.78, 5) is 12.4. The van der Waals surface area contributed by atoms with Gasteiger partial charge in [-0.1, -0.05) is 18.2 Å². The topological polar surface area (TPSA) is 78.0 Å². The van der Waals surface area contributed by atoms with Crippen LogP contribution in [0.1, 0.15) is 11.3 Å². The molecule has 5 nitrogen and oxygen atoms in total. The molecular weight excluding hydrogens is 326 g/mol. The molecule has 0 spiro atoms. The SMILES string of the molecule is Cc1ccccc1-n1cccc1/C=C(/C#N)C(=O)Nc1ccc(O)cc1. The van der Waals surface area contributed by atoms with E-state index in [1.54, 1.807) is 18.2 Å². The van der Waals surface area contributed by atoms with Crippen molar-refractivity contribution in [1.82, 2.24) is 4.57 Å². The van der Waals surface area contributed by atoms with E-state index in [1.165, 1.54) is 12.1 Å². The zero-order valence-corrected chi connectivity index (χ0v) is 14.2. The molecule has 0 fully saturated rings. The maximum Gasteiger partial charge on any atom is 0.266 e. The minimum atomic E-state index is -0.504. The zero-order chi connectivity index (χ0) is 18.5. The molecule has 0 atom stereocenters. The molecule has 2 N–H and O–H groups in total. The van der Waals surface area contributed by atoms with E-state index in [-0.39, 0.29) is 11.3 Å². The van der Waals surface area contributed by atoms with Gasteiger partial charge in [-0.2, -0.15) is 5.26 Å². The molecule has 0 aliphatic rings. The molecule has 1 amide bonds. The predicted molar refractivity (Wildman–Crippen MR) is 101 cm³/mol. The first kappa shape index (κ1) is 17.1. The quantitative estimate of drug-likeness (QED) is 0.426. The van der Waals surface area contributed by atoms with Crippen molar-refractivity contribution in [1.29, 1.82) is 5.26 Å². The third kappa shape index (κ3) is 3.65. The number of phenolic OH excluding ortho intramolecular Hbond substituents is 1. The summed E-state index contributed by atoms with van der Waals surface area (Å²) in [6.07, 6.45) is 3.45. The number of para-hydroxylation sites is 1. The van der Waals surface area contributed by atoms with E-state index in [0.717, 1.165) is 16.9 Å². The first-order chi connectivity index (χ1) is 12.6. The van der Waals surface area contributed by atoms with E-state index in [0.29, 0.717) is 5.69 Å². The largest absolute Gasteiger partial charge is 0.508 e. The number of amides is 1. The van der Waals surface area contributed by atoms with Crippen LogP contribution < -0.4 is 5.32 Å². The van der Waals surface area contributed by atoms with E-state index in [1.807, 2.05) is 60.2 Å². The van der Waals surface area contributed by atoms with Gasteiger partial charge in [-0.05, 0) is 61.0 Å². The monoisotopic (exact) mass is 343 g/mol. The highest BCUT2D eigenvalue weighted by molar-refractivity contribution is 6.09. The summed E-state index contributed by atoms with van der Waals surface area (Å²) in [5, 5.41) is 21.4. The minimum absolute atomic E-state index is 0.00777. The smallest absolute Gasteiger partial charge is 0.266 e. The second-order valence-corrected chi connectivity index (χ2v) is 5.76. The van der Waals surface area contributed by atoms with E-state index in [9.17, 15) is 15.2 Å². The molecule has 1 heterocycles. The van der Waals surface area contributed by atoms with Crippen molar-refractivity contribution in [2.24, 2.45) is 0 Å². The van der Waals surface area contributed by atoms with Gasteiger partial charge in [0, 0.05) is 23.3 Å². The molecule has 1 aromatic heterocycles. The second kappa shape index (κ2) is 7.41. The summed E-state index contributed by atoms with van der Waals surface area (Å²) in [6, 6.07) is 19.6. The van der Waals surface area contributed by atoms with Crippen LogP contribution in [0.2, 0.25) is 0 Å². The van der Waals surface area contributed by atoms with Crippen LogP contribution in [0.4, 0.5) is 5.69 Å². The van der Waals surface area contributed by atoms with Gasteiger partial charge < -0.3 is 15.0 Å². The molecule has 0 aliphatic carbocycles. The van der Waals surface area contributed by atoms with Crippen LogP contribution in [-0.2, 0) is 4.79 Å². The second-order valence-electron chi connectivity index (χ2n) is 5.76. The van der Waals surface area contributed by atoms with Crippen molar-refractivity contribution in [3.8, 4) is 17.5 Å². The molecule has 128 valence electrons. The Balaban J connectivity index is 1.90. The first-order valence-electron chi connectivity index (χ1n) is 8.04. The van der Waals surface area contributed by atoms with Crippen molar-refractivity contribution < 1.29 is 9.90 Å². The number of anilines is 1. The van der Waals surface area contributed by atoms with Crippen molar-refractivity contribution >= 4 is 17.7 Å². The van der Waals surface area contributed by atoms with E-state index in [2.05, 4.69) is 5.32 Å². The Hall–Kier alpha value is -3.78. The average Bonchev–Trinajstić information content (AvgIpc) is 3.10. The van der Waals surface area contributed by atoms with Gasteiger partial charge >= 0.3 is 0 Å². The number of nitriles is 1. The van der Waals surface area contributed by atoms with Crippen LogP contribution in [0.25, 0.3) is 11.8 Å². The van der Waals surface area contributed by atoms with Crippen LogP contribution >= 0.6 is 0 Å². The van der Waals surface area contributed by atoms with Crippen molar-refractivity contribution in [3.05, 3.63) is 83.7 Å². The Labute approximate surface area is 151 Å². The number of rotatable bonds is 4. The van der Waals surface area contributed by atoms with Gasteiger partial charge in [-0.3, -0.25) is 4.79 Å². The Morgan fingerprint density at radius 2 is 1.85 bits per heavy atom. The number of aryl methyl sites for hydroxylation is 1. The number of carbonyl (C=O) groups excluding carboxylic acids is 1. The molecule has 5 heteroatoms. The maximum atomic E-state index is 12.4. The number of nitrogens with zero attached hydrogens (tertiary/aromatic N) is 2. The van der Waals surface area contributed by atoms with E-state index >= 15 is 0 Å². The van der Waals surface area contributed by atoms with Gasteiger partial charge in [0.15, 0.2) is 0 Å². The van der Waals surface area contributed by atoms with E-state index < -0.39 is 5.91 Å². The van der Waals surface area contributed by atoms with Gasteiger partial charge in [0.1, 0.15) is 17.4 Å². The average molecular weight is 343 g/mol. The molecule has 2 aromatic carbocycles. The summed E-state index contributed by atoms with van der Waals surface area (Å²) in [6.45, 7) is 2.01. The number of hydrogen-bond donors (Lipinski definition) is 2. The standard InChI is InChI=1S/C21H17N3O2/c1-15-5-2-3-7-20(15)24-12-4-6-18(24)13-16(14-22)21(26)23-17-8-10-19(25)11-9-17/h2-13,25H,1H3,(H,23,26)/b16-13-. The van der Waals surface area contributed by atoms with E-state index in [4.69, 9.17) is 0 Å². The fourth-order valence-corrected chi connectivity index (χ4v) is 2.60. The minimum Gasteiger partial charge on any atom is -0.508 e. The molecular formula is C21H17N3O2. The van der Waals surface area contributed by atoms with Crippen LogP contribution in [0.3, 0.4) is 0 Å². The number of aromatic hydroxyl groups is 1. The fraction of sp³-hybridized carbons (Fsp3) is 0.0476. The summed E-state index contributed by atoms with van der Waals surface area (Å²) in [5.74, 6) is -0.397. The normalized spacial score (nSPS) is 11.0. The Kier molecular flexibility index (Phi) is 4.86. The molecule has 0 bridgehead atoms. The summed E-state index contributed by atoms with van der Waals surface area (Å²) < 4.78 is 1.93. The predicted octanol–water partition coefficient (Wildman–Crippen LogP) is 4.04. The van der Waals surface area contributed by atoms with Gasteiger partial charge in [0.2, 0.25) is 0 Å². The molecule has 3 aromatic rings. The third-order valence-corrected chi connectivity index (χ3v) is 3.94. The zero-order valence-electron chi connectivity index (χ0n) is 14.2. The summed E-state index contributed by atoms with van der Waals surface area (Å²) >= 11 is 0. The van der Waals surface area contributed by atoms with Crippen LogP contribution in [-0.4, -0.2) is 15.6 Å². The van der Waals surface area contributed by atoms with Crippen LogP contribution in [0.15, 0.2) is 72.4 Å². The lowest BCUT2D eigenvalue weighted by Crippen LogP contribution is -2.13. The molecule has 0 unspecified atom stereocenters. The Morgan fingerprint density at radius 1 is 1.12 bits per heavy atom. The number of phenols is 1. The van der Waals surface area contributed by atoms with Crippen LogP contribution in [0.5, 0.6) is 5.75 Å². The number of hydrogen-bond acceptors (Lipinski definition) is 3. The van der Waals surface area contributed by atoms with Crippen molar-refractivity contribution in [2.75, 3.05) is 5.32 Å². The third-order valence-electron chi connectivity index (χ3n) is 3.94. The highest BCUT2D eigenvalue weighted by atomic mass is 16.3. The van der Waals surface area contributed by atoms with Gasteiger partial charge in [0.25, 0.3) is 5.91 Å². The molecule has 26 heavy (non-hydrogen) atoms. The lowest BCUT2D eigenvalue weighted by Gasteiger charge is -2.10. The van der Waals surface area contributed by atoms with Gasteiger partial charge in [-0.15, -0.1) is 0 Å². The van der Waals surface area contributed by atoms with Gasteiger partial charge in [0.05, 0.1) is 0 Å². The fourth-order valence-electron chi connectivity index (χ4n) is 2.60. The number of benzene rings is 2.